The molecule has 0 radical (unpaired) electrons. The number of likely N-dealkylation sites (N-methyl/N-ethyl adjacent to an activating group) is 1. The van der Waals surface area contributed by atoms with Crippen molar-refractivity contribution in [2.45, 2.75) is 68.7 Å². The van der Waals surface area contributed by atoms with Gasteiger partial charge >= 0.3 is 0 Å². The highest BCUT2D eigenvalue weighted by Crippen LogP contribution is 2.34. The Hall–Kier alpha value is -2.10. The van der Waals surface area contributed by atoms with Crippen molar-refractivity contribution in [1.29, 1.82) is 0 Å². The average Bonchev–Trinajstić information content (AvgIpc) is 3.26. The minimum absolute atomic E-state index is 0.0239. The molecular weight excluding hydrogens is 452 g/mol. The van der Waals surface area contributed by atoms with Crippen LogP contribution >= 0.6 is 0 Å². The Balaban J connectivity index is 1.19. The van der Waals surface area contributed by atoms with Crippen LogP contribution in [-0.4, -0.2) is 102 Å². The number of likely N-dealkylation sites (tertiary alicyclic amines) is 2. The summed E-state index contributed by atoms with van der Waals surface area (Å²) in [4.78, 5) is 35.5. The van der Waals surface area contributed by atoms with Gasteiger partial charge in [0, 0.05) is 38.3 Å². The van der Waals surface area contributed by atoms with E-state index in [1.807, 2.05) is 4.90 Å². The smallest absolute Gasteiger partial charge is 0.243 e. The first-order valence-electron chi connectivity index (χ1n) is 12.9. The molecule has 4 heterocycles. The molecule has 0 unspecified atom stereocenters. The summed E-state index contributed by atoms with van der Waals surface area (Å²) in [5.41, 5.74) is 0.208. The summed E-state index contributed by atoms with van der Waals surface area (Å²) in [5, 5.41) is 3.28. The van der Waals surface area contributed by atoms with Crippen LogP contribution in [-0.2, 0) is 16.1 Å². The maximum absolute atomic E-state index is 13.6. The van der Waals surface area contributed by atoms with Gasteiger partial charge in [0.15, 0.2) is 11.6 Å². The summed E-state index contributed by atoms with van der Waals surface area (Å²) in [6, 6.07) is 4.33. The second-order valence-corrected chi connectivity index (χ2v) is 11.1. The van der Waals surface area contributed by atoms with Gasteiger partial charge in [-0.25, -0.2) is 8.78 Å². The van der Waals surface area contributed by atoms with Crippen LogP contribution in [0.25, 0.3) is 0 Å². The number of carbonyl (C=O) groups is 2. The fourth-order valence-corrected chi connectivity index (χ4v) is 6.45. The number of nitrogens with one attached hydrogen (secondary N) is 1. The van der Waals surface area contributed by atoms with E-state index >= 15 is 0 Å². The normalized spacial score (nSPS) is 28.4. The minimum Gasteiger partial charge on any atom is -0.348 e. The summed E-state index contributed by atoms with van der Waals surface area (Å²) >= 11 is 0. The number of nitrogens with zero attached hydrogens (tertiary/aromatic N) is 4. The molecule has 0 aliphatic carbocycles. The molecule has 4 aliphatic rings. The van der Waals surface area contributed by atoms with Crippen LogP contribution in [0.15, 0.2) is 18.2 Å². The SMILES string of the molecule is CN1CCC(N(C)[C@H]2C[C@H]3C(=O)NC4(CCN(Cc5ccc(F)c(F)c5)CC4)CC(=O)N3C2)CC1. The van der Waals surface area contributed by atoms with Crippen LogP contribution < -0.4 is 5.32 Å². The van der Waals surface area contributed by atoms with Gasteiger partial charge in [-0.1, -0.05) is 6.07 Å². The Morgan fingerprint density at radius 2 is 1.77 bits per heavy atom. The fourth-order valence-electron chi connectivity index (χ4n) is 6.45. The van der Waals surface area contributed by atoms with Crippen LogP contribution in [0.1, 0.15) is 44.1 Å². The van der Waals surface area contributed by atoms with Crippen molar-refractivity contribution in [2.75, 3.05) is 46.8 Å². The molecule has 4 fully saturated rings. The highest BCUT2D eigenvalue weighted by molar-refractivity contribution is 5.92. The van der Waals surface area contributed by atoms with Crippen molar-refractivity contribution >= 4 is 11.8 Å². The summed E-state index contributed by atoms with van der Waals surface area (Å²) < 4.78 is 26.8. The maximum Gasteiger partial charge on any atom is 0.243 e. The predicted octanol–water partition coefficient (Wildman–Crippen LogP) is 1.81. The molecule has 1 spiro atoms. The molecule has 9 heteroatoms. The van der Waals surface area contributed by atoms with Crippen molar-refractivity contribution in [2.24, 2.45) is 0 Å². The second kappa shape index (κ2) is 9.75. The van der Waals surface area contributed by atoms with Gasteiger partial charge in [0.1, 0.15) is 6.04 Å². The van der Waals surface area contributed by atoms with Crippen LogP contribution in [0.2, 0.25) is 0 Å². The summed E-state index contributed by atoms with van der Waals surface area (Å²) in [6.45, 7) is 4.71. The predicted molar refractivity (Wildman–Crippen MR) is 129 cm³/mol. The van der Waals surface area contributed by atoms with Gasteiger partial charge in [-0.15, -0.1) is 0 Å². The lowest BCUT2D eigenvalue weighted by Gasteiger charge is -2.41. The Morgan fingerprint density at radius 1 is 1.06 bits per heavy atom. The maximum atomic E-state index is 13.6. The second-order valence-electron chi connectivity index (χ2n) is 11.1. The number of carbonyl (C=O) groups excluding carboxylic acids is 2. The van der Waals surface area contributed by atoms with E-state index in [0.717, 1.165) is 37.6 Å². The van der Waals surface area contributed by atoms with Crippen molar-refractivity contribution in [1.82, 2.24) is 24.9 Å². The number of benzene rings is 1. The van der Waals surface area contributed by atoms with Crippen molar-refractivity contribution < 1.29 is 18.4 Å². The number of hydrogen-bond acceptors (Lipinski definition) is 5. The minimum atomic E-state index is -0.841. The van der Waals surface area contributed by atoms with E-state index in [1.165, 1.54) is 6.07 Å². The number of piperidine rings is 2. The van der Waals surface area contributed by atoms with E-state index in [0.29, 0.717) is 57.9 Å². The number of halogens is 2. The van der Waals surface area contributed by atoms with Gasteiger partial charge in [0.2, 0.25) is 11.8 Å². The standard InChI is InChI=1S/C26H37F2N5O2/c1-30-9-5-19(6-10-30)31(2)20-14-23-25(35)29-26(15-24(34)33(23)17-20)7-11-32(12-8-26)16-18-3-4-21(27)22(28)13-18/h3-4,13,19-20,23H,5-12,14-17H2,1-2H3,(H,29,35)/t20-,23-/m0/s1. The molecule has 35 heavy (non-hydrogen) atoms. The molecule has 2 atom stereocenters. The largest absolute Gasteiger partial charge is 0.348 e. The van der Waals surface area contributed by atoms with E-state index in [4.69, 9.17) is 0 Å². The first kappa shape index (κ1) is 24.6. The quantitative estimate of drug-likeness (QED) is 0.699. The Bertz CT molecular complexity index is 931. The lowest BCUT2D eigenvalue weighted by Crippen LogP contribution is -2.56. The van der Waals surface area contributed by atoms with Crippen molar-refractivity contribution in [3.05, 3.63) is 35.4 Å². The van der Waals surface area contributed by atoms with Crippen molar-refractivity contribution in [3.63, 3.8) is 0 Å². The Morgan fingerprint density at radius 3 is 2.46 bits per heavy atom. The van der Waals surface area contributed by atoms with E-state index < -0.39 is 17.2 Å². The molecule has 1 N–H and O–H groups in total. The molecule has 0 bridgehead atoms. The van der Waals surface area contributed by atoms with Gasteiger partial charge in [0.05, 0.1) is 12.0 Å². The molecular formula is C26H37F2N5O2. The molecule has 192 valence electrons. The molecule has 5 rings (SSSR count). The Labute approximate surface area is 206 Å². The van der Waals surface area contributed by atoms with Crippen LogP contribution in [0.3, 0.4) is 0 Å². The molecule has 4 aliphatic heterocycles. The molecule has 1 aromatic carbocycles. The monoisotopic (exact) mass is 489 g/mol. The van der Waals surface area contributed by atoms with Gasteiger partial charge in [0.25, 0.3) is 0 Å². The third-order valence-corrected chi connectivity index (χ3v) is 8.82. The number of hydrogen-bond donors (Lipinski definition) is 1. The Kier molecular flexibility index (Phi) is 6.85. The van der Waals surface area contributed by atoms with Crippen LogP contribution in [0.5, 0.6) is 0 Å². The molecule has 0 aromatic heterocycles. The van der Waals surface area contributed by atoms with Crippen LogP contribution in [0, 0.1) is 11.6 Å². The summed E-state index contributed by atoms with van der Waals surface area (Å²) in [5.74, 6) is -1.63. The fraction of sp³-hybridized carbons (Fsp3) is 0.692. The number of amides is 2. The van der Waals surface area contributed by atoms with Crippen molar-refractivity contribution in [3.8, 4) is 0 Å². The zero-order valence-electron chi connectivity index (χ0n) is 20.8. The number of fused-ring (bicyclic) bond motifs is 1. The van der Waals surface area contributed by atoms with E-state index in [-0.39, 0.29) is 23.9 Å². The van der Waals surface area contributed by atoms with Gasteiger partial charge in [-0.2, -0.15) is 0 Å². The molecule has 2 amide bonds. The lowest BCUT2D eigenvalue weighted by molar-refractivity contribution is -0.135. The van der Waals surface area contributed by atoms with E-state index in [2.05, 4.69) is 34.1 Å². The third kappa shape index (κ3) is 5.08. The third-order valence-electron chi connectivity index (χ3n) is 8.82. The molecule has 0 saturated carbocycles. The lowest BCUT2D eigenvalue weighted by atomic mass is 9.84. The molecule has 4 saturated heterocycles. The van der Waals surface area contributed by atoms with Gasteiger partial charge in [-0.05, 0) is 77.0 Å². The van der Waals surface area contributed by atoms with Gasteiger partial charge < -0.3 is 15.1 Å². The number of rotatable bonds is 4. The summed E-state index contributed by atoms with van der Waals surface area (Å²) in [6.07, 6.45) is 4.62. The summed E-state index contributed by atoms with van der Waals surface area (Å²) in [7, 11) is 4.31. The topological polar surface area (TPSA) is 59.1 Å². The van der Waals surface area contributed by atoms with E-state index in [1.54, 1.807) is 6.07 Å². The average molecular weight is 490 g/mol. The zero-order chi connectivity index (χ0) is 24.7. The van der Waals surface area contributed by atoms with Gasteiger partial charge in [-0.3, -0.25) is 19.4 Å². The zero-order valence-corrected chi connectivity index (χ0v) is 20.8. The molecule has 1 aromatic rings. The van der Waals surface area contributed by atoms with E-state index in [9.17, 15) is 18.4 Å². The first-order valence-corrected chi connectivity index (χ1v) is 12.9. The van der Waals surface area contributed by atoms with Crippen LogP contribution in [0.4, 0.5) is 8.78 Å². The highest BCUT2D eigenvalue weighted by Gasteiger charge is 2.49. The molecule has 7 nitrogen and oxygen atoms in total. The highest BCUT2D eigenvalue weighted by atomic mass is 19.2. The first-order chi connectivity index (χ1) is 16.7.